The van der Waals surface area contributed by atoms with Crippen molar-refractivity contribution < 1.29 is 23.1 Å². The third-order valence-corrected chi connectivity index (χ3v) is 2.81. The van der Waals surface area contributed by atoms with E-state index in [9.17, 15) is 18.0 Å². The van der Waals surface area contributed by atoms with Crippen LogP contribution >= 0.6 is 0 Å². The van der Waals surface area contributed by atoms with Crippen molar-refractivity contribution in [3.05, 3.63) is 47.2 Å². The molecule has 0 atom stereocenters. The molecule has 0 radical (unpaired) electrons. The quantitative estimate of drug-likeness (QED) is 0.913. The Balaban J connectivity index is 2.31. The van der Waals surface area contributed by atoms with Gasteiger partial charge in [-0.2, -0.15) is 18.3 Å². The number of amides is 1. The zero-order valence-electron chi connectivity index (χ0n) is 11.0. The van der Waals surface area contributed by atoms with Gasteiger partial charge in [0.1, 0.15) is 5.82 Å². The lowest BCUT2D eigenvalue weighted by atomic mass is 10.1. The van der Waals surface area contributed by atoms with E-state index in [-0.39, 0.29) is 12.4 Å². The lowest BCUT2D eigenvalue weighted by Crippen LogP contribution is -2.19. The van der Waals surface area contributed by atoms with Gasteiger partial charge in [-0.05, 0) is 12.1 Å². The molecule has 1 aromatic carbocycles. The number of aliphatic hydroxyl groups is 1. The Morgan fingerprint density at radius 1 is 1.38 bits per heavy atom. The lowest BCUT2D eigenvalue weighted by molar-refractivity contribution is -0.137. The number of hydrogen-bond acceptors (Lipinski definition) is 3. The standard InChI is InChI=1S/C13H12F3N3O2/c1-19-11(6-8(7-20)18-19)17-12(21)9-4-2-3-5-10(9)13(14,15)16/h2-6,20H,7H2,1H3,(H,17,21). The molecule has 1 heterocycles. The van der Waals surface area contributed by atoms with E-state index in [0.717, 1.165) is 12.1 Å². The van der Waals surface area contributed by atoms with Crippen molar-refractivity contribution in [2.75, 3.05) is 5.32 Å². The number of anilines is 1. The molecule has 0 unspecified atom stereocenters. The molecular formula is C13H12F3N3O2. The number of alkyl halides is 3. The van der Waals surface area contributed by atoms with Gasteiger partial charge in [0, 0.05) is 13.1 Å². The van der Waals surface area contributed by atoms with Crippen LogP contribution in [0.1, 0.15) is 21.6 Å². The first-order valence-corrected chi connectivity index (χ1v) is 5.94. The molecule has 0 bridgehead atoms. The molecule has 0 saturated carbocycles. The van der Waals surface area contributed by atoms with Crippen LogP contribution in [0.3, 0.4) is 0 Å². The maximum atomic E-state index is 12.9. The molecule has 112 valence electrons. The Labute approximate surface area is 118 Å². The highest BCUT2D eigenvalue weighted by atomic mass is 19.4. The minimum absolute atomic E-state index is 0.195. The number of carbonyl (C=O) groups excluding carboxylic acids is 1. The number of carbonyl (C=O) groups is 1. The fourth-order valence-corrected chi connectivity index (χ4v) is 1.83. The second kappa shape index (κ2) is 5.57. The molecule has 8 heteroatoms. The van der Waals surface area contributed by atoms with Crippen molar-refractivity contribution >= 4 is 11.7 Å². The Hall–Kier alpha value is -2.35. The minimum Gasteiger partial charge on any atom is -0.390 e. The summed E-state index contributed by atoms with van der Waals surface area (Å²) in [6.45, 7) is -0.331. The van der Waals surface area contributed by atoms with E-state index in [1.807, 2.05) is 0 Å². The number of hydrogen-bond donors (Lipinski definition) is 2. The van der Waals surface area contributed by atoms with Crippen LogP contribution in [-0.2, 0) is 19.8 Å². The van der Waals surface area contributed by atoms with Crippen LogP contribution in [-0.4, -0.2) is 20.8 Å². The first-order chi connectivity index (χ1) is 9.82. The normalized spacial score (nSPS) is 11.5. The Morgan fingerprint density at radius 3 is 2.62 bits per heavy atom. The molecule has 2 aromatic rings. The number of aromatic nitrogens is 2. The van der Waals surface area contributed by atoms with E-state index in [0.29, 0.717) is 5.69 Å². The summed E-state index contributed by atoms with van der Waals surface area (Å²) in [6.07, 6.45) is -4.61. The largest absolute Gasteiger partial charge is 0.417 e. The summed E-state index contributed by atoms with van der Waals surface area (Å²) >= 11 is 0. The smallest absolute Gasteiger partial charge is 0.390 e. The van der Waals surface area contributed by atoms with Gasteiger partial charge in [-0.3, -0.25) is 9.48 Å². The van der Waals surface area contributed by atoms with Crippen LogP contribution in [0.4, 0.5) is 19.0 Å². The van der Waals surface area contributed by atoms with Crippen molar-refractivity contribution in [2.24, 2.45) is 7.05 Å². The topological polar surface area (TPSA) is 67.2 Å². The molecule has 0 fully saturated rings. The van der Waals surface area contributed by atoms with Gasteiger partial charge in [-0.25, -0.2) is 0 Å². The maximum Gasteiger partial charge on any atom is 0.417 e. The average Bonchev–Trinajstić information content (AvgIpc) is 2.78. The number of rotatable bonds is 3. The minimum atomic E-state index is -4.61. The summed E-state index contributed by atoms with van der Waals surface area (Å²) in [7, 11) is 1.50. The van der Waals surface area contributed by atoms with Crippen LogP contribution in [0.25, 0.3) is 0 Å². The van der Waals surface area contributed by atoms with Crippen molar-refractivity contribution in [1.82, 2.24) is 9.78 Å². The number of aryl methyl sites for hydroxylation is 1. The number of nitrogens with one attached hydrogen (secondary N) is 1. The summed E-state index contributed by atoms with van der Waals surface area (Å²) in [4.78, 5) is 12.0. The van der Waals surface area contributed by atoms with Gasteiger partial charge >= 0.3 is 6.18 Å². The molecule has 0 aliphatic heterocycles. The summed E-state index contributed by atoms with van der Waals surface area (Å²) in [6, 6.07) is 5.90. The third-order valence-electron chi connectivity index (χ3n) is 2.81. The highest BCUT2D eigenvalue weighted by molar-refractivity contribution is 6.05. The molecule has 2 N–H and O–H groups in total. The van der Waals surface area contributed by atoms with Crippen LogP contribution in [0, 0.1) is 0 Å². The van der Waals surface area contributed by atoms with Gasteiger partial charge < -0.3 is 10.4 Å². The average molecular weight is 299 g/mol. The summed E-state index contributed by atoms with van der Waals surface area (Å²) in [5, 5.41) is 15.2. The highest BCUT2D eigenvalue weighted by Crippen LogP contribution is 2.32. The second-order valence-corrected chi connectivity index (χ2v) is 4.30. The summed E-state index contributed by atoms with van der Waals surface area (Å²) in [5.41, 5.74) is -1.18. The van der Waals surface area contributed by atoms with Gasteiger partial charge in [0.05, 0.1) is 23.4 Å². The molecule has 21 heavy (non-hydrogen) atoms. The van der Waals surface area contributed by atoms with Crippen LogP contribution in [0.5, 0.6) is 0 Å². The first kappa shape index (κ1) is 15.0. The van der Waals surface area contributed by atoms with Crippen molar-refractivity contribution in [1.29, 1.82) is 0 Å². The number of halogens is 3. The first-order valence-electron chi connectivity index (χ1n) is 5.94. The maximum absolute atomic E-state index is 12.9. The molecular weight excluding hydrogens is 287 g/mol. The molecule has 1 aromatic heterocycles. The Morgan fingerprint density at radius 2 is 2.05 bits per heavy atom. The zero-order valence-corrected chi connectivity index (χ0v) is 11.0. The number of nitrogens with zero attached hydrogens (tertiary/aromatic N) is 2. The second-order valence-electron chi connectivity index (χ2n) is 4.30. The van der Waals surface area contributed by atoms with E-state index in [1.54, 1.807) is 0 Å². The third kappa shape index (κ3) is 3.22. The zero-order chi connectivity index (χ0) is 15.6. The van der Waals surface area contributed by atoms with E-state index in [4.69, 9.17) is 5.11 Å². The van der Waals surface area contributed by atoms with E-state index in [2.05, 4.69) is 10.4 Å². The molecule has 0 saturated heterocycles. The molecule has 0 aliphatic rings. The fourth-order valence-electron chi connectivity index (χ4n) is 1.83. The molecule has 1 amide bonds. The monoisotopic (exact) mass is 299 g/mol. The van der Waals surface area contributed by atoms with Crippen molar-refractivity contribution in [3.8, 4) is 0 Å². The van der Waals surface area contributed by atoms with E-state index >= 15 is 0 Å². The number of aliphatic hydroxyl groups excluding tert-OH is 1. The van der Waals surface area contributed by atoms with Gasteiger partial charge in [-0.1, -0.05) is 12.1 Å². The summed E-state index contributed by atoms with van der Waals surface area (Å²) < 4.78 is 39.8. The van der Waals surface area contributed by atoms with Crippen molar-refractivity contribution in [2.45, 2.75) is 12.8 Å². The van der Waals surface area contributed by atoms with Crippen LogP contribution < -0.4 is 5.32 Å². The molecule has 5 nitrogen and oxygen atoms in total. The summed E-state index contributed by atoms with van der Waals surface area (Å²) in [5.74, 6) is -0.698. The van der Waals surface area contributed by atoms with Gasteiger partial charge in [0.2, 0.25) is 0 Å². The van der Waals surface area contributed by atoms with Crippen molar-refractivity contribution in [3.63, 3.8) is 0 Å². The predicted molar refractivity (Wildman–Crippen MR) is 68.5 cm³/mol. The van der Waals surface area contributed by atoms with Gasteiger partial charge in [0.25, 0.3) is 5.91 Å². The Bertz CT molecular complexity index is 665. The molecule has 2 rings (SSSR count). The van der Waals surface area contributed by atoms with Crippen LogP contribution in [0.15, 0.2) is 30.3 Å². The van der Waals surface area contributed by atoms with Gasteiger partial charge in [-0.15, -0.1) is 0 Å². The van der Waals surface area contributed by atoms with E-state index in [1.165, 1.54) is 29.9 Å². The fraction of sp³-hybridized carbons (Fsp3) is 0.231. The van der Waals surface area contributed by atoms with E-state index < -0.39 is 23.2 Å². The predicted octanol–water partition coefficient (Wildman–Crippen LogP) is 2.18. The van der Waals surface area contributed by atoms with Crippen LogP contribution in [0.2, 0.25) is 0 Å². The Kier molecular flexibility index (Phi) is 3.99. The molecule has 0 spiro atoms. The number of benzene rings is 1. The lowest BCUT2D eigenvalue weighted by Gasteiger charge is -2.12. The molecule has 0 aliphatic carbocycles. The highest BCUT2D eigenvalue weighted by Gasteiger charge is 2.34. The SMILES string of the molecule is Cn1nc(CO)cc1NC(=O)c1ccccc1C(F)(F)F. The van der Waals surface area contributed by atoms with Gasteiger partial charge in [0.15, 0.2) is 0 Å².